The lowest BCUT2D eigenvalue weighted by Gasteiger charge is -2.09. The molecule has 2 aromatic carbocycles. The number of fused-ring (bicyclic) bond motifs is 1. The molecule has 0 radical (unpaired) electrons. The van der Waals surface area contributed by atoms with E-state index in [9.17, 15) is 8.78 Å². The molecule has 20 heavy (non-hydrogen) atoms. The molecule has 0 saturated carbocycles. The van der Waals surface area contributed by atoms with E-state index in [4.69, 9.17) is 5.73 Å². The molecule has 0 aliphatic carbocycles. The Morgan fingerprint density at radius 3 is 2.40 bits per heavy atom. The molecule has 2 aromatic rings. The van der Waals surface area contributed by atoms with Crippen molar-refractivity contribution in [3.63, 3.8) is 0 Å². The summed E-state index contributed by atoms with van der Waals surface area (Å²) in [5.41, 5.74) is 8.81. The van der Waals surface area contributed by atoms with Crippen LogP contribution in [-0.4, -0.2) is 6.29 Å². The van der Waals surface area contributed by atoms with Gasteiger partial charge < -0.3 is 20.5 Å². The maximum absolute atomic E-state index is 12.9. The summed E-state index contributed by atoms with van der Waals surface area (Å²) in [6, 6.07) is 10.0. The van der Waals surface area contributed by atoms with Gasteiger partial charge in [0.1, 0.15) is 0 Å². The minimum atomic E-state index is -3.60. The van der Waals surface area contributed by atoms with E-state index in [0.29, 0.717) is 11.4 Å². The molecular weight excluding hydrogens is 266 g/mol. The van der Waals surface area contributed by atoms with Crippen molar-refractivity contribution in [3.8, 4) is 11.5 Å². The molecule has 4 nitrogen and oxygen atoms in total. The molecule has 3 N–H and O–H groups in total. The van der Waals surface area contributed by atoms with Crippen LogP contribution in [0.2, 0.25) is 0 Å². The molecule has 104 valence electrons. The van der Waals surface area contributed by atoms with Crippen molar-refractivity contribution < 1.29 is 18.3 Å². The van der Waals surface area contributed by atoms with Gasteiger partial charge in [-0.1, -0.05) is 6.07 Å². The number of aryl methyl sites for hydroxylation is 1. The maximum atomic E-state index is 12.9. The van der Waals surface area contributed by atoms with E-state index in [1.54, 1.807) is 12.1 Å². The number of rotatable bonds is 2. The standard InChI is InChI=1S/C14H12F2N2O2/c1-8-2-3-9(6-11(8)17)18-10-4-5-12-13(7-10)20-14(15,16)19-12/h2-7,18H,17H2,1H3. The highest BCUT2D eigenvalue weighted by atomic mass is 19.3. The number of hydrogen-bond donors (Lipinski definition) is 2. The summed E-state index contributed by atoms with van der Waals surface area (Å²) in [6.45, 7) is 1.90. The van der Waals surface area contributed by atoms with Crippen LogP contribution in [0.5, 0.6) is 11.5 Å². The summed E-state index contributed by atoms with van der Waals surface area (Å²) in [7, 11) is 0. The minimum absolute atomic E-state index is 0.0000774. The van der Waals surface area contributed by atoms with E-state index in [1.807, 2.05) is 19.1 Å². The van der Waals surface area contributed by atoms with Crippen LogP contribution in [0.25, 0.3) is 0 Å². The Bertz CT molecular complexity index is 674. The highest BCUT2D eigenvalue weighted by molar-refractivity contribution is 5.67. The molecule has 0 fully saturated rings. The second-order valence-electron chi connectivity index (χ2n) is 4.53. The fourth-order valence-corrected chi connectivity index (χ4v) is 1.91. The molecule has 0 spiro atoms. The van der Waals surface area contributed by atoms with E-state index < -0.39 is 6.29 Å². The predicted octanol–water partition coefficient (Wildman–Crippen LogP) is 3.64. The van der Waals surface area contributed by atoms with Crippen molar-refractivity contribution in [3.05, 3.63) is 42.0 Å². The van der Waals surface area contributed by atoms with Gasteiger partial charge in [-0.05, 0) is 36.8 Å². The molecule has 0 aromatic heterocycles. The molecule has 0 amide bonds. The van der Waals surface area contributed by atoms with E-state index >= 15 is 0 Å². The Labute approximate surface area is 114 Å². The third-order valence-corrected chi connectivity index (χ3v) is 2.97. The van der Waals surface area contributed by atoms with Gasteiger partial charge in [0.2, 0.25) is 0 Å². The van der Waals surface area contributed by atoms with Gasteiger partial charge in [-0.3, -0.25) is 0 Å². The molecule has 0 bridgehead atoms. The zero-order valence-corrected chi connectivity index (χ0v) is 10.6. The number of halogens is 2. The van der Waals surface area contributed by atoms with Crippen LogP contribution < -0.4 is 20.5 Å². The summed E-state index contributed by atoms with van der Waals surface area (Å²) in [4.78, 5) is 0. The second kappa shape index (κ2) is 4.26. The highest BCUT2D eigenvalue weighted by Crippen LogP contribution is 2.42. The fraction of sp³-hybridized carbons (Fsp3) is 0.143. The van der Waals surface area contributed by atoms with Crippen LogP contribution in [0.1, 0.15) is 5.56 Å². The molecule has 1 heterocycles. The molecule has 0 atom stereocenters. The summed E-state index contributed by atoms with van der Waals surface area (Å²) in [6.07, 6.45) is -3.60. The Balaban J connectivity index is 1.84. The van der Waals surface area contributed by atoms with Crippen LogP contribution in [0, 0.1) is 6.92 Å². The predicted molar refractivity (Wildman–Crippen MR) is 71.5 cm³/mol. The normalized spacial score (nSPS) is 15.2. The van der Waals surface area contributed by atoms with Crippen molar-refractivity contribution in [1.82, 2.24) is 0 Å². The summed E-state index contributed by atoms with van der Waals surface area (Å²) in [5.74, 6) is 0.0176. The lowest BCUT2D eigenvalue weighted by molar-refractivity contribution is -0.286. The van der Waals surface area contributed by atoms with Crippen LogP contribution in [0.15, 0.2) is 36.4 Å². The number of nitrogens with two attached hydrogens (primary N) is 1. The van der Waals surface area contributed by atoms with Crippen molar-refractivity contribution in [1.29, 1.82) is 0 Å². The number of anilines is 3. The number of hydrogen-bond acceptors (Lipinski definition) is 4. The topological polar surface area (TPSA) is 56.5 Å². The van der Waals surface area contributed by atoms with Crippen molar-refractivity contribution >= 4 is 17.1 Å². The summed E-state index contributed by atoms with van der Waals surface area (Å²) in [5, 5.41) is 3.07. The monoisotopic (exact) mass is 278 g/mol. The maximum Gasteiger partial charge on any atom is 0.586 e. The lowest BCUT2D eigenvalue weighted by atomic mass is 10.2. The SMILES string of the molecule is Cc1ccc(Nc2ccc3c(c2)OC(F)(F)O3)cc1N. The first-order chi connectivity index (χ1) is 9.43. The Morgan fingerprint density at radius 2 is 1.65 bits per heavy atom. The van der Waals surface area contributed by atoms with Gasteiger partial charge in [-0.2, -0.15) is 0 Å². The third kappa shape index (κ3) is 2.32. The smallest absolute Gasteiger partial charge is 0.398 e. The Morgan fingerprint density at radius 1 is 1.00 bits per heavy atom. The first-order valence-corrected chi connectivity index (χ1v) is 5.96. The van der Waals surface area contributed by atoms with E-state index in [1.165, 1.54) is 12.1 Å². The second-order valence-corrected chi connectivity index (χ2v) is 4.53. The van der Waals surface area contributed by atoms with Gasteiger partial charge in [0.05, 0.1) is 0 Å². The van der Waals surface area contributed by atoms with Gasteiger partial charge in [0.15, 0.2) is 11.5 Å². The van der Waals surface area contributed by atoms with Gasteiger partial charge in [-0.25, -0.2) is 0 Å². The van der Waals surface area contributed by atoms with Gasteiger partial charge in [0.25, 0.3) is 0 Å². The number of benzene rings is 2. The Hall–Kier alpha value is -2.50. The molecule has 0 saturated heterocycles. The molecule has 1 aliphatic heterocycles. The average molecular weight is 278 g/mol. The van der Waals surface area contributed by atoms with Crippen molar-refractivity contribution in [2.24, 2.45) is 0 Å². The number of nitrogens with one attached hydrogen (secondary N) is 1. The average Bonchev–Trinajstić information content (AvgIpc) is 2.67. The van der Waals surface area contributed by atoms with Gasteiger partial charge >= 0.3 is 6.29 Å². The third-order valence-electron chi connectivity index (χ3n) is 2.97. The molecular formula is C14H12F2N2O2. The first kappa shape index (κ1) is 12.5. The summed E-state index contributed by atoms with van der Waals surface area (Å²) >= 11 is 0. The van der Waals surface area contributed by atoms with Crippen LogP contribution in [0.4, 0.5) is 25.8 Å². The van der Waals surface area contributed by atoms with Gasteiger partial charge in [-0.15, -0.1) is 8.78 Å². The summed E-state index contributed by atoms with van der Waals surface area (Å²) < 4.78 is 34.5. The highest BCUT2D eigenvalue weighted by Gasteiger charge is 2.43. The first-order valence-electron chi connectivity index (χ1n) is 5.96. The number of nitrogen functional groups attached to an aromatic ring is 1. The molecule has 6 heteroatoms. The van der Waals surface area contributed by atoms with Crippen molar-refractivity contribution in [2.45, 2.75) is 13.2 Å². The van der Waals surface area contributed by atoms with E-state index in [2.05, 4.69) is 14.8 Å². The molecule has 0 unspecified atom stereocenters. The van der Waals surface area contributed by atoms with Gasteiger partial charge in [0, 0.05) is 23.1 Å². The largest absolute Gasteiger partial charge is 0.586 e. The zero-order chi connectivity index (χ0) is 14.3. The zero-order valence-electron chi connectivity index (χ0n) is 10.6. The van der Waals surface area contributed by atoms with Crippen LogP contribution in [-0.2, 0) is 0 Å². The van der Waals surface area contributed by atoms with Crippen LogP contribution in [0.3, 0.4) is 0 Å². The minimum Gasteiger partial charge on any atom is -0.398 e. The van der Waals surface area contributed by atoms with E-state index in [0.717, 1.165) is 11.3 Å². The quantitative estimate of drug-likeness (QED) is 0.823. The molecule has 1 aliphatic rings. The molecule has 3 rings (SSSR count). The number of ether oxygens (including phenoxy) is 2. The lowest BCUT2D eigenvalue weighted by Crippen LogP contribution is -2.25. The fourth-order valence-electron chi connectivity index (χ4n) is 1.91. The number of alkyl halides is 2. The van der Waals surface area contributed by atoms with E-state index in [-0.39, 0.29) is 11.5 Å². The van der Waals surface area contributed by atoms with Crippen LogP contribution >= 0.6 is 0 Å². The van der Waals surface area contributed by atoms with Crippen molar-refractivity contribution in [2.75, 3.05) is 11.1 Å². The Kier molecular flexibility index (Phi) is 2.67.